The zero-order chi connectivity index (χ0) is 51.6. The van der Waals surface area contributed by atoms with Gasteiger partial charge < -0.3 is 64.2 Å². The van der Waals surface area contributed by atoms with Gasteiger partial charge in [0.05, 0.1) is 33.0 Å². The van der Waals surface area contributed by atoms with Crippen molar-refractivity contribution in [3.63, 3.8) is 0 Å². The molecule has 0 radical (unpaired) electrons. The van der Waals surface area contributed by atoms with Gasteiger partial charge in [0.15, 0.2) is 12.6 Å². The van der Waals surface area contributed by atoms with E-state index in [0.717, 1.165) is 64.2 Å². The van der Waals surface area contributed by atoms with Gasteiger partial charge in [0.25, 0.3) is 0 Å². The second-order valence-corrected chi connectivity index (χ2v) is 18.7. The number of hydrogen-bond donors (Lipinski definition) is 7. The summed E-state index contributed by atoms with van der Waals surface area (Å²) in [6.07, 6.45) is 39.5. The maximum absolute atomic E-state index is 13.0. The van der Waals surface area contributed by atoms with Crippen LogP contribution in [0.5, 0.6) is 0 Å². The van der Waals surface area contributed by atoms with Crippen LogP contribution in [-0.2, 0) is 33.2 Å². The van der Waals surface area contributed by atoms with Crippen LogP contribution in [0.25, 0.3) is 0 Å². The highest BCUT2D eigenvalue weighted by Gasteiger charge is 2.47. The number of ether oxygens (including phenoxy) is 6. The molecule has 2 rings (SSSR count). The number of unbranched alkanes of at least 4 members (excludes halogenated alkanes) is 14. The molecule has 2 heterocycles. The maximum atomic E-state index is 13.0. The Kier molecular flexibility index (Phi) is 39.4. The van der Waals surface area contributed by atoms with Gasteiger partial charge in [-0.2, -0.15) is 0 Å². The Hall–Kier alpha value is -2.83. The lowest BCUT2D eigenvalue weighted by Crippen LogP contribution is -2.61. The van der Waals surface area contributed by atoms with Crippen LogP contribution in [0.15, 0.2) is 85.1 Å². The minimum Gasteiger partial charge on any atom is -0.457 e. The Bertz CT molecular complexity index is 1490. The van der Waals surface area contributed by atoms with Crippen LogP contribution in [0.4, 0.5) is 0 Å². The molecule has 408 valence electrons. The third kappa shape index (κ3) is 30.8. The van der Waals surface area contributed by atoms with E-state index in [9.17, 15) is 40.5 Å². The first-order valence-corrected chi connectivity index (χ1v) is 27.2. The van der Waals surface area contributed by atoms with Crippen LogP contribution in [0.3, 0.4) is 0 Å². The Morgan fingerprint density at radius 3 is 1.44 bits per heavy atom. The average Bonchev–Trinajstić information content (AvgIpc) is 3.37. The number of allylic oxidation sites excluding steroid dienone is 13. The molecule has 2 aliphatic rings. The lowest BCUT2D eigenvalue weighted by Gasteiger charge is -2.42. The Labute approximate surface area is 427 Å². The van der Waals surface area contributed by atoms with Crippen molar-refractivity contribution in [1.29, 1.82) is 0 Å². The van der Waals surface area contributed by atoms with Gasteiger partial charge in [-0.15, -0.1) is 0 Å². The molecule has 71 heavy (non-hydrogen) atoms. The molecule has 0 bridgehead atoms. The van der Waals surface area contributed by atoms with Gasteiger partial charge in [-0.05, 0) is 77.0 Å². The van der Waals surface area contributed by atoms with Crippen molar-refractivity contribution in [3.8, 4) is 0 Å². The first kappa shape index (κ1) is 64.3. The van der Waals surface area contributed by atoms with E-state index in [1.165, 1.54) is 70.6 Å². The quantitative estimate of drug-likeness (QED) is 0.0173. The van der Waals surface area contributed by atoms with Crippen LogP contribution in [0.2, 0.25) is 0 Å². The molecule has 0 spiro atoms. The van der Waals surface area contributed by atoms with Gasteiger partial charge in [0, 0.05) is 6.42 Å². The number of carbonyl (C=O) groups is 1. The molecule has 11 atom stereocenters. The predicted octanol–water partition coefficient (Wildman–Crippen LogP) is 8.85. The molecular weight excluding hydrogens is 909 g/mol. The van der Waals surface area contributed by atoms with E-state index < -0.39 is 86.7 Å². The van der Waals surface area contributed by atoms with E-state index in [1.807, 2.05) is 6.08 Å². The van der Waals surface area contributed by atoms with Gasteiger partial charge in [-0.1, -0.05) is 170 Å². The molecule has 11 unspecified atom stereocenters. The summed E-state index contributed by atoms with van der Waals surface area (Å²) in [5, 5.41) is 72.2. The minimum absolute atomic E-state index is 0.00102. The topological polar surface area (TPSA) is 214 Å². The zero-order valence-corrected chi connectivity index (χ0v) is 43.4. The number of aliphatic hydroxyl groups excluding tert-OH is 7. The first-order chi connectivity index (χ1) is 34.6. The summed E-state index contributed by atoms with van der Waals surface area (Å²) < 4.78 is 34.2. The molecule has 2 saturated heterocycles. The summed E-state index contributed by atoms with van der Waals surface area (Å²) >= 11 is 0. The Balaban J connectivity index is 1.77. The van der Waals surface area contributed by atoms with Crippen LogP contribution >= 0.6 is 0 Å². The van der Waals surface area contributed by atoms with Crippen LogP contribution in [0.1, 0.15) is 168 Å². The molecule has 0 aliphatic carbocycles. The summed E-state index contributed by atoms with van der Waals surface area (Å²) in [7, 11) is 0. The molecule has 0 aromatic carbocycles. The molecule has 2 fully saturated rings. The largest absolute Gasteiger partial charge is 0.457 e. The number of aliphatic hydroxyl groups is 7. The van der Waals surface area contributed by atoms with Gasteiger partial charge >= 0.3 is 5.97 Å². The number of carbonyl (C=O) groups excluding carboxylic acids is 1. The highest BCUT2D eigenvalue weighted by atomic mass is 16.7. The molecule has 0 aromatic rings. The van der Waals surface area contributed by atoms with Crippen molar-refractivity contribution in [1.82, 2.24) is 0 Å². The summed E-state index contributed by atoms with van der Waals surface area (Å²) in [5.41, 5.74) is 0. The Morgan fingerprint density at radius 1 is 0.479 bits per heavy atom. The van der Waals surface area contributed by atoms with Crippen LogP contribution < -0.4 is 0 Å². The fraction of sp³-hybridized carbons (Fsp3) is 0.737. The van der Waals surface area contributed by atoms with E-state index in [4.69, 9.17) is 28.4 Å². The van der Waals surface area contributed by atoms with E-state index in [-0.39, 0.29) is 19.6 Å². The molecule has 14 nitrogen and oxygen atoms in total. The predicted molar refractivity (Wildman–Crippen MR) is 279 cm³/mol. The van der Waals surface area contributed by atoms with E-state index in [2.05, 4.69) is 92.8 Å². The van der Waals surface area contributed by atoms with Crippen molar-refractivity contribution < 1.29 is 69.0 Å². The van der Waals surface area contributed by atoms with Gasteiger partial charge in [-0.25, -0.2) is 0 Å². The van der Waals surface area contributed by atoms with Gasteiger partial charge in [0.2, 0.25) is 0 Å². The van der Waals surface area contributed by atoms with Crippen molar-refractivity contribution in [2.24, 2.45) is 0 Å². The van der Waals surface area contributed by atoms with Crippen molar-refractivity contribution in [3.05, 3.63) is 85.1 Å². The highest BCUT2D eigenvalue weighted by molar-refractivity contribution is 5.69. The normalized spacial score (nSPS) is 26.0. The zero-order valence-electron chi connectivity index (χ0n) is 43.4. The van der Waals surface area contributed by atoms with E-state index >= 15 is 0 Å². The molecule has 0 amide bonds. The fourth-order valence-electron chi connectivity index (χ4n) is 8.03. The first-order valence-electron chi connectivity index (χ1n) is 27.2. The summed E-state index contributed by atoms with van der Waals surface area (Å²) in [6.45, 7) is 3.32. The molecule has 2 aliphatic heterocycles. The van der Waals surface area contributed by atoms with Crippen molar-refractivity contribution in [2.75, 3.05) is 33.0 Å². The molecule has 14 heteroatoms. The molecule has 0 saturated carbocycles. The van der Waals surface area contributed by atoms with Crippen molar-refractivity contribution in [2.45, 2.75) is 235 Å². The molecule has 0 aromatic heterocycles. The SMILES string of the molecule is CC/C=C\C/C=C\C/C=C\C/C=C\C/C=C\CCOCC(COC1OC(COC2OC(CO)C(O)C(O)C2O)C(O)C(O)C1O)OC(=O)CCCCCCCCCCC/C=C\C/C=C\CCCCCCC. The second kappa shape index (κ2) is 43.6. The smallest absolute Gasteiger partial charge is 0.306 e. The number of esters is 1. The van der Waals surface area contributed by atoms with Gasteiger partial charge in [-0.3, -0.25) is 4.79 Å². The van der Waals surface area contributed by atoms with E-state index in [0.29, 0.717) is 19.4 Å². The second-order valence-electron chi connectivity index (χ2n) is 18.7. The third-order valence-electron chi connectivity index (χ3n) is 12.4. The van der Waals surface area contributed by atoms with Crippen LogP contribution in [-0.4, -0.2) is 142 Å². The third-order valence-corrected chi connectivity index (χ3v) is 12.4. The monoisotopic (exact) mass is 1000 g/mol. The fourth-order valence-corrected chi connectivity index (χ4v) is 8.03. The van der Waals surface area contributed by atoms with Crippen LogP contribution in [0, 0.1) is 0 Å². The Morgan fingerprint density at radius 2 is 0.915 bits per heavy atom. The minimum atomic E-state index is -1.72. The van der Waals surface area contributed by atoms with E-state index in [1.54, 1.807) is 0 Å². The lowest BCUT2D eigenvalue weighted by atomic mass is 9.98. The summed E-state index contributed by atoms with van der Waals surface area (Å²) in [6, 6.07) is 0. The molecule has 7 N–H and O–H groups in total. The number of rotatable bonds is 42. The summed E-state index contributed by atoms with van der Waals surface area (Å²) in [5.74, 6) is -0.408. The summed E-state index contributed by atoms with van der Waals surface area (Å²) in [4.78, 5) is 13.0. The van der Waals surface area contributed by atoms with Gasteiger partial charge in [0.1, 0.15) is 54.9 Å². The lowest BCUT2D eigenvalue weighted by molar-refractivity contribution is -0.332. The average molecular weight is 1010 g/mol. The van der Waals surface area contributed by atoms with Crippen molar-refractivity contribution >= 4 is 5.97 Å². The molecular formula is C57H96O14. The highest BCUT2D eigenvalue weighted by Crippen LogP contribution is 2.26. The number of hydrogen-bond acceptors (Lipinski definition) is 14. The standard InChI is InChI=1S/C57H96O14/c1-3-5-7-9-11-13-15-17-19-21-22-23-24-25-26-28-30-32-34-36-38-40-49(59)69-46(43-66-41-39-37-35-33-31-29-27-20-18-16-14-12-10-8-6-4-2)44-67-56-55(65)53(63)51(61)48(71-56)45-68-57-54(64)52(62)50(60)47(42-58)70-57/h6,8,12,14-15,17-18,20-22,29,31,35,37,46-48,50-58,60-65H,3-5,7,9-11,13,16,19,23-28,30,32-34,36,38-45H2,1-2H3/b8-6-,14-12-,17-15-,20-18-,22-21-,31-29-,37-35-. The maximum Gasteiger partial charge on any atom is 0.306 e.